The molecule has 2 rings (SSSR count). The normalized spacial score (nSPS) is 21.2. The third-order valence-corrected chi connectivity index (χ3v) is 2.95. The van der Waals surface area contributed by atoms with Crippen LogP contribution in [0.2, 0.25) is 0 Å². The highest BCUT2D eigenvalue weighted by Crippen LogP contribution is 2.18. The summed E-state index contributed by atoms with van der Waals surface area (Å²) in [7, 11) is 0. The Hall–Kier alpha value is -1.42. The molecule has 2 unspecified atom stereocenters. The summed E-state index contributed by atoms with van der Waals surface area (Å²) in [6.07, 6.45) is 1.28. The molecular formula is C13H16FNO2. The molecule has 0 saturated carbocycles. The number of hydrogen-bond donors (Lipinski definition) is 1. The van der Waals surface area contributed by atoms with Crippen LogP contribution in [0.3, 0.4) is 0 Å². The van der Waals surface area contributed by atoms with Gasteiger partial charge in [0.25, 0.3) is 0 Å². The standard InChI is InChI=1S/C13H16FNO2/c1-9(10-5-2-3-6-11(10)14)15-13(16)12-7-4-8-17-12/h2-3,5-6,9,12H,4,7-8H2,1H3,(H,15,16). The Kier molecular flexibility index (Phi) is 3.74. The van der Waals surface area contributed by atoms with E-state index in [1.54, 1.807) is 25.1 Å². The molecule has 0 aliphatic carbocycles. The maximum absolute atomic E-state index is 13.5. The quantitative estimate of drug-likeness (QED) is 0.875. The minimum absolute atomic E-state index is 0.154. The summed E-state index contributed by atoms with van der Waals surface area (Å²) in [6, 6.07) is 6.12. The molecule has 0 spiro atoms. The summed E-state index contributed by atoms with van der Waals surface area (Å²) in [5, 5.41) is 2.78. The molecule has 1 N–H and O–H groups in total. The van der Waals surface area contributed by atoms with E-state index in [4.69, 9.17) is 4.74 Å². The van der Waals surface area contributed by atoms with E-state index >= 15 is 0 Å². The lowest BCUT2D eigenvalue weighted by molar-refractivity contribution is -0.130. The van der Waals surface area contributed by atoms with E-state index in [-0.39, 0.29) is 23.9 Å². The molecule has 3 nitrogen and oxygen atoms in total. The summed E-state index contributed by atoms with van der Waals surface area (Å²) >= 11 is 0. The van der Waals surface area contributed by atoms with E-state index in [1.807, 2.05) is 0 Å². The van der Waals surface area contributed by atoms with Crippen LogP contribution in [0.5, 0.6) is 0 Å². The number of hydrogen-bond acceptors (Lipinski definition) is 2. The van der Waals surface area contributed by atoms with Crippen molar-refractivity contribution in [2.45, 2.75) is 31.9 Å². The SMILES string of the molecule is CC(NC(=O)C1CCCO1)c1ccccc1F. The predicted molar refractivity (Wildman–Crippen MR) is 61.9 cm³/mol. The first-order chi connectivity index (χ1) is 8.18. The molecule has 1 aliphatic heterocycles. The fraction of sp³-hybridized carbons (Fsp3) is 0.462. The highest BCUT2D eigenvalue weighted by molar-refractivity contribution is 5.81. The molecule has 1 amide bonds. The second kappa shape index (κ2) is 5.27. The summed E-state index contributed by atoms with van der Waals surface area (Å²) in [5.74, 6) is -0.453. The van der Waals surface area contributed by atoms with Gasteiger partial charge >= 0.3 is 0 Å². The molecule has 1 fully saturated rings. The van der Waals surface area contributed by atoms with Gasteiger partial charge in [-0.25, -0.2) is 4.39 Å². The summed E-state index contributed by atoms with van der Waals surface area (Å²) in [5.41, 5.74) is 0.499. The van der Waals surface area contributed by atoms with E-state index < -0.39 is 0 Å². The van der Waals surface area contributed by atoms with Crippen molar-refractivity contribution in [3.63, 3.8) is 0 Å². The minimum Gasteiger partial charge on any atom is -0.368 e. The lowest BCUT2D eigenvalue weighted by Gasteiger charge is -2.17. The van der Waals surface area contributed by atoms with Crippen LogP contribution in [-0.4, -0.2) is 18.6 Å². The highest BCUT2D eigenvalue weighted by Gasteiger charge is 2.25. The molecule has 1 heterocycles. The monoisotopic (exact) mass is 237 g/mol. The second-order valence-corrected chi connectivity index (χ2v) is 4.25. The summed E-state index contributed by atoms with van der Waals surface area (Å²) < 4.78 is 18.8. The van der Waals surface area contributed by atoms with E-state index in [9.17, 15) is 9.18 Å². The number of rotatable bonds is 3. The molecule has 1 aliphatic rings. The number of carbonyl (C=O) groups excluding carboxylic acids is 1. The maximum Gasteiger partial charge on any atom is 0.249 e. The zero-order valence-corrected chi connectivity index (χ0v) is 9.78. The zero-order chi connectivity index (χ0) is 12.3. The maximum atomic E-state index is 13.5. The first-order valence-corrected chi connectivity index (χ1v) is 5.85. The van der Waals surface area contributed by atoms with E-state index in [0.29, 0.717) is 12.2 Å². The molecule has 0 aromatic heterocycles. The molecule has 2 atom stereocenters. The van der Waals surface area contributed by atoms with Crippen molar-refractivity contribution in [1.82, 2.24) is 5.32 Å². The van der Waals surface area contributed by atoms with Gasteiger partial charge in [0.15, 0.2) is 0 Å². The van der Waals surface area contributed by atoms with Crippen molar-refractivity contribution in [1.29, 1.82) is 0 Å². The van der Waals surface area contributed by atoms with Gasteiger partial charge in [-0.05, 0) is 25.8 Å². The number of halogens is 1. The van der Waals surface area contributed by atoms with Gasteiger partial charge in [-0.15, -0.1) is 0 Å². The Morgan fingerprint density at radius 2 is 2.29 bits per heavy atom. The lowest BCUT2D eigenvalue weighted by atomic mass is 10.1. The molecule has 0 radical (unpaired) electrons. The zero-order valence-electron chi connectivity index (χ0n) is 9.78. The van der Waals surface area contributed by atoms with Crippen molar-refractivity contribution >= 4 is 5.91 Å². The van der Waals surface area contributed by atoms with Crippen molar-refractivity contribution in [3.05, 3.63) is 35.6 Å². The average Bonchev–Trinajstić information content (AvgIpc) is 2.82. The van der Waals surface area contributed by atoms with Gasteiger partial charge in [-0.3, -0.25) is 4.79 Å². The Labute approximate surface area is 100.0 Å². The Bertz CT molecular complexity index is 402. The third-order valence-electron chi connectivity index (χ3n) is 2.95. The number of benzene rings is 1. The fourth-order valence-electron chi connectivity index (χ4n) is 1.99. The van der Waals surface area contributed by atoms with Crippen LogP contribution in [0.1, 0.15) is 31.4 Å². The van der Waals surface area contributed by atoms with Crippen LogP contribution >= 0.6 is 0 Å². The van der Waals surface area contributed by atoms with Gasteiger partial charge in [0.1, 0.15) is 11.9 Å². The molecule has 0 bridgehead atoms. The van der Waals surface area contributed by atoms with Crippen LogP contribution in [0, 0.1) is 5.82 Å². The van der Waals surface area contributed by atoms with E-state index in [0.717, 1.165) is 12.8 Å². The van der Waals surface area contributed by atoms with Gasteiger partial charge < -0.3 is 10.1 Å². The number of nitrogens with one attached hydrogen (secondary N) is 1. The Morgan fingerprint density at radius 3 is 2.94 bits per heavy atom. The molecule has 17 heavy (non-hydrogen) atoms. The van der Waals surface area contributed by atoms with Crippen molar-refractivity contribution in [3.8, 4) is 0 Å². The topological polar surface area (TPSA) is 38.3 Å². The van der Waals surface area contributed by atoms with Crippen molar-refractivity contribution < 1.29 is 13.9 Å². The van der Waals surface area contributed by atoms with Crippen LogP contribution in [0.15, 0.2) is 24.3 Å². The fourth-order valence-corrected chi connectivity index (χ4v) is 1.99. The molecule has 92 valence electrons. The first kappa shape index (κ1) is 12.0. The van der Waals surface area contributed by atoms with E-state index in [2.05, 4.69) is 5.32 Å². The van der Waals surface area contributed by atoms with Crippen molar-refractivity contribution in [2.24, 2.45) is 0 Å². The largest absolute Gasteiger partial charge is 0.368 e. The predicted octanol–water partition coefficient (Wildman–Crippen LogP) is 2.18. The molecule has 4 heteroatoms. The van der Waals surface area contributed by atoms with Crippen molar-refractivity contribution in [2.75, 3.05) is 6.61 Å². The Balaban J connectivity index is 1.99. The summed E-state index contributed by atoms with van der Waals surface area (Å²) in [6.45, 7) is 2.40. The van der Waals surface area contributed by atoms with E-state index in [1.165, 1.54) is 6.07 Å². The van der Waals surface area contributed by atoms with Crippen LogP contribution in [0.25, 0.3) is 0 Å². The van der Waals surface area contributed by atoms with Gasteiger partial charge in [-0.2, -0.15) is 0 Å². The smallest absolute Gasteiger partial charge is 0.249 e. The van der Waals surface area contributed by atoms with Gasteiger partial charge in [-0.1, -0.05) is 18.2 Å². The van der Waals surface area contributed by atoms with Crippen LogP contribution in [0.4, 0.5) is 4.39 Å². The van der Waals surface area contributed by atoms with Crippen LogP contribution < -0.4 is 5.32 Å². The molecular weight excluding hydrogens is 221 g/mol. The second-order valence-electron chi connectivity index (χ2n) is 4.25. The Morgan fingerprint density at radius 1 is 1.53 bits per heavy atom. The molecule has 1 aromatic rings. The number of ether oxygens (including phenoxy) is 1. The first-order valence-electron chi connectivity index (χ1n) is 5.85. The van der Waals surface area contributed by atoms with Gasteiger partial charge in [0.05, 0.1) is 6.04 Å². The number of amides is 1. The van der Waals surface area contributed by atoms with Gasteiger partial charge in [0, 0.05) is 12.2 Å². The third kappa shape index (κ3) is 2.82. The molecule has 1 aromatic carbocycles. The summed E-state index contributed by atoms with van der Waals surface area (Å²) in [4.78, 5) is 11.8. The highest BCUT2D eigenvalue weighted by atomic mass is 19.1. The molecule has 1 saturated heterocycles. The lowest BCUT2D eigenvalue weighted by Crippen LogP contribution is -2.36. The number of carbonyl (C=O) groups is 1. The van der Waals surface area contributed by atoms with Crippen LogP contribution in [-0.2, 0) is 9.53 Å². The minimum atomic E-state index is -0.371. The van der Waals surface area contributed by atoms with Gasteiger partial charge in [0.2, 0.25) is 5.91 Å². The average molecular weight is 237 g/mol.